The van der Waals surface area contributed by atoms with Crippen LogP contribution >= 0.6 is 11.6 Å². The Morgan fingerprint density at radius 3 is 2.79 bits per heavy atom. The maximum atomic E-state index is 12.7. The largest absolute Gasteiger partial charge is 0.354 e. The lowest BCUT2D eigenvalue weighted by Crippen LogP contribution is -2.31. The first kappa shape index (κ1) is 19.9. The molecule has 0 spiro atoms. The average Bonchev–Trinajstić information content (AvgIpc) is 3.30. The van der Waals surface area contributed by atoms with E-state index in [0.29, 0.717) is 17.3 Å². The molecular weight excluding hydrogens is 390 g/mol. The molecule has 1 aliphatic carbocycles. The summed E-state index contributed by atoms with van der Waals surface area (Å²) in [6.45, 7) is 6.83. The number of nitrogens with zero attached hydrogens (tertiary/aromatic N) is 3. The van der Waals surface area contributed by atoms with E-state index in [1.807, 2.05) is 16.9 Å². The molecule has 2 amide bonds. The summed E-state index contributed by atoms with van der Waals surface area (Å²) in [4.78, 5) is 28.2. The van der Waals surface area contributed by atoms with Gasteiger partial charge in [0.1, 0.15) is 5.82 Å². The zero-order valence-corrected chi connectivity index (χ0v) is 17.7. The second kappa shape index (κ2) is 7.44. The molecule has 0 bridgehead atoms. The van der Waals surface area contributed by atoms with Gasteiger partial charge in [0.25, 0.3) is 0 Å². The van der Waals surface area contributed by atoms with E-state index in [1.54, 1.807) is 6.20 Å². The van der Waals surface area contributed by atoms with Crippen LogP contribution in [0.15, 0.2) is 18.5 Å². The molecule has 2 N–H and O–H groups in total. The van der Waals surface area contributed by atoms with E-state index in [2.05, 4.69) is 34.6 Å². The van der Waals surface area contributed by atoms with Crippen LogP contribution in [0.4, 0.5) is 5.82 Å². The van der Waals surface area contributed by atoms with Crippen molar-refractivity contribution >= 4 is 29.2 Å². The highest BCUT2D eigenvalue weighted by molar-refractivity contribution is 6.33. The van der Waals surface area contributed by atoms with Gasteiger partial charge in [0.15, 0.2) is 0 Å². The van der Waals surface area contributed by atoms with Gasteiger partial charge in [-0.05, 0) is 37.2 Å². The fraction of sp³-hybridized carbons (Fsp3) is 0.524. The van der Waals surface area contributed by atoms with E-state index in [0.717, 1.165) is 42.6 Å². The second-order valence-corrected chi connectivity index (χ2v) is 9.36. The van der Waals surface area contributed by atoms with Crippen molar-refractivity contribution in [3.05, 3.63) is 29.2 Å². The van der Waals surface area contributed by atoms with Gasteiger partial charge < -0.3 is 10.6 Å². The Hall–Kier alpha value is -2.41. The summed E-state index contributed by atoms with van der Waals surface area (Å²) in [6, 6.07) is 1.89. The number of halogens is 1. The number of fused-ring (bicyclic) bond motifs is 1. The summed E-state index contributed by atoms with van der Waals surface area (Å²) in [6.07, 6.45) is 6.56. The molecular formula is C21H26ClN5O2. The summed E-state index contributed by atoms with van der Waals surface area (Å²) in [5.74, 6) is 0.223. The van der Waals surface area contributed by atoms with Gasteiger partial charge in [0.2, 0.25) is 11.8 Å². The summed E-state index contributed by atoms with van der Waals surface area (Å²) in [5.41, 5.74) is 3.15. The van der Waals surface area contributed by atoms with Gasteiger partial charge in [-0.25, -0.2) is 4.98 Å². The molecule has 1 fully saturated rings. The van der Waals surface area contributed by atoms with Crippen molar-refractivity contribution < 1.29 is 9.59 Å². The van der Waals surface area contributed by atoms with Crippen LogP contribution in [-0.2, 0) is 22.6 Å². The Morgan fingerprint density at radius 1 is 1.24 bits per heavy atom. The molecule has 4 rings (SSSR count). The Kier molecular flexibility index (Phi) is 5.11. The first-order valence-corrected chi connectivity index (χ1v) is 10.4. The topological polar surface area (TPSA) is 88.9 Å². The number of hydrogen-bond acceptors (Lipinski definition) is 4. The maximum Gasteiger partial charge on any atom is 0.228 e. The molecule has 0 saturated heterocycles. The normalized spacial score (nSPS) is 22.3. The van der Waals surface area contributed by atoms with Crippen LogP contribution in [0, 0.1) is 11.3 Å². The highest BCUT2D eigenvalue weighted by Crippen LogP contribution is 2.39. The average molecular weight is 416 g/mol. The monoisotopic (exact) mass is 415 g/mol. The lowest BCUT2D eigenvalue weighted by atomic mass is 9.89. The van der Waals surface area contributed by atoms with Gasteiger partial charge in [-0.2, -0.15) is 5.10 Å². The number of amides is 2. The molecule has 8 heteroatoms. The Balaban J connectivity index is 1.50. The summed E-state index contributed by atoms with van der Waals surface area (Å²) < 4.78 is 2.03. The van der Waals surface area contributed by atoms with Crippen LogP contribution in [0.2, 0.25) is 5.02 Å². The fourth-order valence-electron chi connectivity index (χ4n) is 4.45. The second-order valence-electron chi connectivity index (χ2n) is 8.95. The standard InChI is InChI=1S/C21H26ClN5O2/c1-12(28)25-14-5-4-13(6-14)20(29)26-19-7-15(17(22)10-23-19)16-9-24-27-11-21(2,3)8-18(16)27/h7,9-10,13-14H,4-6,8,11H2,1-3H3,(H,25,28)(H,23,26,29)/t13-,14?/m1/s1. The van der Waals surface area contributed by atoms with Gasteiger partial charge in [-0.15, -0.1) is 0 Å². The third-order valence-corrected chi connectivity index (χ3v) is 6.08. The number of pyridine rings is 1. The van der Waals surface area contributed by atoms with Crippen molar-refractivity contribution in [2.45, 2.75) is 59.0 Å². The molecule has 1 unspecified atom stereocenters. The molecule has 3 heterocycles. The number of anilines is 1. The number of carbonyl (C=O) groups is 2. The molecule has 1 aliphatic heterocycles. The van der Waals surface area contributed by atoms with Crippen molar-refractivity contribution in [3.8, 4) is 11.1 Å². The summed E-state index contributed by atoms with van der Waals surface area (Å²) in [5, 5.41) is 10.9. The first-order chi connectivity index (χ1) is 13.7. The van der Waals surface area contributed by atoms with Crippen molar-refractivity contribution in [3.63, 3.8) is 0 Å². The molecule has 29 heavy (non-hydrogen) atoms. The van der Waals surface area contributed by atoms with E-state index in [-0.39, 0.29) is 29.2 Å². The molecule has 154 valence electrons. The lowest BCUT2D eigenvalue weighted by Gasteiger charge is -2.15. The van der Waals surface area contributed by atoms with Gasteiger partial charge in [0.05, 0.1) is 11.2 Å². The van der Waals surface area contributed by atoms with Crippen LogP contribution in [0.3, 0.4) is 0 Å². The van der Waals surface area contributed by atoms with Crippen LogP contribution < -0.4 is 10.6 Å². The van der Waals surface area contributed by atoms with Gasteiger partial charge in [-0.1, -0.05) is 25.4 Å². The van der Waals surface area contributed by atoms with E-state index < -0.39 is 0 Å². The Bertz CT molecular complexity index is 968. The smallest absolute Gasteiger partial charge is 0.228 e. The van der Waals surface area contributed by atoms with Gasteiger partial charge in [-0.3, -0.25) is 14.3 Å². The summed E-state index contributed by atoms with van der Waals surface area (Å²) in [7, 11) is 0. The predicted molar refractivity (Wildman–Crippen MR) is 112 cm³/mol. The minimum atomic E-state index is -0.131. The number of nitrogens with one attached hydrogen (secondary N) is 2. The van der Waals surface area contributed by atoms with Crippen molar-refractivity contribution in [2.24, 2.45) is 11.3 Å². The van der Waals surface area contributed by atoms with Crippen molar-refractivity contribution in [1.29, 1.82) is 0 Å². The fourth-order valence-corrected chi connectivity index (χ4v) is 4.66. The third kappa shape index (κ3) is 4.15. The highest BCUT2D eigenvalue weighted by atomic mass is 35.5. The Morgan fingerprint density at radius 2 is 2.03 bits per heavy atom. The zero-order valence-electron chi connectivity index (χ0n) is 17.0. The van der Waals surface area contributed by atoms with Crippen molar-refractivity contribution in [2.75, 3.05) is 5.32 Å². The zero-order chi connectivity index (χ0) is 20.8. The molecule has 2 aromatic rings. The van der Waals surface area contributed by atoms with Crippen LogP contribution in [0.5, 0.6) is 0 Å². The SMILES string of the molecule is CC(=O)NC1CC[C@@H](C(=O)Nc2cc(-c3cnn4c3CC(C)(C)C4)c(Cl)cn2)C1. The molecule has 0 radical (unpaired) electrons. The molecule has 2 aliphatic rings. The minimum absolute atomic E-state index is 0.0584. The van der Waals surface area contributed by atoms with E-state index >= 15 is 0 Å². The molecule has 1 saturated carbocycles. The number of rotatable bonds is 4. The van der Waals surface area contributed by atoms with E-state index in [9.17, 15) is 9.59 Å². The van der Waals surface area contributed by atoms with Crippen LogP contribution in [0.1, 0.15) is 45.7 Å². The third-order valence-electron chi connectivity index (χ3n) is 5.78. The minimum Gasteiger partial charge on any atom is -0.354 e. The maximum absolute atomic E-state index is 12.7. The number of aromatic nitrogens is 3. The molecule has 0 aromatic carbocycles. The number of carbonyl (C=O) groups excluding carboxylic acids is 2. The Labute approximate surface area is 175 Å². The molecule has 2 aromatic heterocycles. The molecule has 7 nitrogen and oxygen atoms in total. The predicted octanol–water partition coefficient (Wildman–Crippen LogP) is 3.42. The molecule has 2 atom stereocenters. The lowest BCUT2D eigenvalue weighted by molar-refractivity contribution is -0.121. The summed E-state index contributed by atoms with van der Waals surface area (Å²) >= 11 is 6.44. The van der Waals surface area contributed by atoms with Crippen molar-refractivity contribution in [1.82, 2.24) is 20.1 Å². The first-order valence-electron chi connectivity index (χ1n) is 10.0. The van der Waals surface area contributed by atoms with E-state index in [1.165, 1.54) is 6.92 Å². The van der Waals surface area contributed by atoms with Crippen LogP contribution in [-0.4, -0.2) is 32.6 Å². The quantitative estimate of drug-likeness (QED) is 0.800. The van der Waals surface area contributed by atoms with Crippen LogP contribution in [0.25, 0.3) is 11.1 Å². The van der Waals surface area contributed by atoms with Gasteiger partial charge >= 0.3 is 0 Å². The number of hydrogen-bond donors (Lipinski definition) is 2. The van der Waals surface area contributed by atoms with Gasteiger partial charge in [0, 0.05) is 48.4 Å². The van der Waals surface area contributed by atoms with E-state index in [4.69, 9.17) is 11.6 Å². The highest BCUT2D eigenvalue weighted by Gasteiger charge is 2.33.